The van der Waals surface area contributed by atoms with Gasteiger partial charge < -0.3 is 9.47 Å². The molecule has 3 aromatic carbocycles. The highest BCUT2D eigenvalue weighted by molar-refractivity contribution is 7.98. The highest BCUT2D eigenvalue weighted by Crippen LogP contribution is 2.22. The average molecular weight is 548 g/mol. The van der Waals surface area contributed by atoms with Gasteiger partial charge in [0, 0.05) is 15.5 Å². The van der Waals surface area contributed by atoms with Crippen molar-refractivity contribution in [1.82, 2.24) is 9.78 Å². The van der Waals surface area contributed by atoms with Gasteiger partial charge in [0.1, 0.15) is 18.0 Å². The third-order valence-corrected chi connectivity index (χ3v) is 6.58. The van der Waals surface area contributed by atoms with Gasteiger partial charge >= 0.3 is 6.09 Å². The Morgan fingerprint density at radius 1 is 1.05 bits per heavy atom. The Balaban J connectivity index is 1.56. The molecule has 194 valence electrons. The first-order valence-corrected chi connectivity index (χ1v) is 13.3. The summed E-state index contributed by atoms with van der Waals surface area (Å²) in [4.78, 5) is 26.9. The van der Waals surface area contributed by atoms with Crippen LogP contribution in [-0.2, 0) is 17.9 Å². The maximum absolute atomic E-state index is 13.2. The summed E-state index contributed by atoms with van der Waals surface area (Å²) < 4.78 is 11.9. The summed E-state index contributed by atoms with van der Waals surface area (Å²) in [5.41, 5.74) is 2.65. The molecule has 7 nitrogen and oxygen atoms in total. The number of amides is 1. The Morgan fingerprint density at radius 3 is 2.42 bits per heavy atom. The second-order valence-corrected chi connectivity index (χ2v) is 9.48. The normalized spacial score (nSPS) is 10.9. The summed E-state index contributed by atoms with van der Waals surface area (Å²) in [6.07, 6.45) is 4.95. The molecule has 0 unspecified atom stereocenters. The van der Waals surface area contributed by atoms with Gasteiger partial charge in [-0.2, -0.15) is 5.10 Å². The third-order valence-electron chi connectivity index (χ3n) is 5.58. The van der Waals surface area contributed by atoms with E-state index in [1.807, 2.05) is 66.9 Å². The van der Waals surface area contributed by atoms with Crippen LogP contribution in [0.2, 0.25) is 5.02 Å². The largest absolute Gasteiger partial charge is 0.497 e. The number of anilines is 1. The van der Waals surface area contributed by atoms with E-state index in [-0.39, 0.29) is 18.8 Å². The summed E-state index contributed by atoms with van der Waals surface area (Å²) in [6.45, 7) is 0.270. The predicted molar refractivity (Wildman–Crippen MR) is 153 cm³/mol. The molecule has 0 spiro atoms. The number of ether oxygens (including phenoxy) is 2. The first-order valence-electron chi connectivity index (χ1n) is 11.7. The highest BCUT2D eigenvalue weighted by atomic mass is 35.5. The van der Waals surface area contributed by atoms with Crippen molar-refractivity contribution < 1.29 is 14.3 Å². The van der Waals surface area contributed by atoms with Crippen molar-refractivity contribution in [3.63, 3.8) is 0 Å². The molecule has 0 fully saturated rings. The van der Waals surface area contributed by atoms with Crippen LogP contribution in [0.3, 0.4) is 0 Å². The molecule has 0 aliphatic rings. The Hall–Kier alpha value is -4.01. The number of benzene rings is 3. The summed E-state index contributed by atoms with van der Waals surface area (Å²) >= 11 is 7.59. The number of methoxy groups -OCH3 is 1. The van der Waals surface area contributed by atoms with E-state index in [2.05, 4.69) is 10.4 Å². The Labute approximate surface area is 230 Å². The van der Waals surface area contributed by atoms with Crippen molar-refractivity contribution in [3.8, 4) is 17.0 Å². The number of carbonyl (C=O) groups is 1. The summed E-state index contributed by atoms with van der Waals surface area (Å²) in [7, 11) is 1.59. The molecule has 0 aliphatic heterocycles. The van der Waals surface area contributed by atoms with E-state index < -0.39 is 11.7 Å². The molecule has 1 amide bonds. The van der Waals surface area contributed by atoms with Crippen LogP contribution in [-0.4, -0.2) is 29.2 Å². The maximum Gasteiger partial charge on any atom is 0.412 e. The van der Waals surface area contributed by atoms with Crippen molar-refractivity contribution in [1.29, 1.82) is 0 Å². The number of nitrogens with zero attached hydrogens (tertiary/aromatic N) is 2. The first-order chi connectivity index (χ1) is 18.4. The van der Waals surface area contributed by atoms with E-state index in [0.717, 1.165) is 21.6 Å². The van der Waals surface area contributed by atoms with Crippen LogP contribution in [0, 0.1) is 0 Å². The molecule has 0 saturated carbocycles. The molecule has 0 bridgehead atoms. The van der Waals surface area contributed by atoms with E-state index in [1.165, 1.54) is 10.7 Å². The van der Waals surface area contributed by atoms with Crippen LogP contribution in [0.1, 0.15) is 11.1 Å². The lowest BCUT2D eigenvalue weighted by Crippen LogP contribution is -2.28. The molecular formula is C29H26ClN3O4S. The Morgan fingerprint density at radius 2 is 1.76 bits per heavy atom. The van der Waals surface area contributed by atoms with E-state index in [1.54, 1.807) is 43.1 Å². The number of carbonyl (C=O) groups excluding carboxylic acids is 1. The van der Waals surface area contributed by atoms with Crippen LogP contribution in [0.15, 0.2) is 94.6 Å². The number of hydrogen-bond donors (Lipinski definition) is 1. The summed E-state index contributed by atoms with van der Waals surface area (Å²) in [6, 6.07) is 23.9. The lowest BCUT2D eigenvalue weighted by molar-refractivity contribution is 0.155. The van der Waals surface area contributed by atoms with Crippen molar-refractivity contribution in [2.75, 3.05) is 18.7 Å². The SMILES string of the molecule is COc1ccc(-c2cc(NC(=O)OCc3ccc(SC)cc3)c(=O)n(C/C=C/c3ccc(Cl)cc3)n2)cc1. The fourth-order valence-corrected chi connectivity index (χ4v) is 4.07. The molecule has 1 heterocycles. The maximum atomic E-state index is 13.2. The molecular weight excluding hydrogens is 522 g/mol. The van der Waals surface area contributed by atoms with Gasteiger partial charge in [0.15, 0.2) is 0 Å². The second-order valence-electron chi connectivity index (χ2n) is 8.16. The lowest BCUT2D eigenvalue weighted by atomic mass is 10.1. The summed E-state index contributed by atoms with van der Waals surface area (Å²) in [5.74, 6) is 0.695. The van der Waals surface area contributed by atoms with Crippen LogP contribution < -0.4 is 15.6 Å². The van der Waals surface area contributed by atoms with Crippen molar-refractivity contribution in [2.24, 2.45) is 0 Å². The number of allylic oxidation sites excluding steroid dienone is 1. The van der Waals surface area contributed by atoms with Crippen LogP contribution in [0.4, 0.5) is 10.5 Å². The molecule has 38 heavy (non-hydrogen) atoms. The number of hydrogen-bond acceptors (Lipinski definition) is 6. The molecule has 1 aromatic heterocycles. The van der Waals surface area contributed by atoms with Crippen molar-refractivity contribution in [3.05, 3.63) is 111 Å². The molecule has 0 atom stereocenters. The van der Waals surface area contributed by atoms with Gasteiger partial charge in [0.2, 0.25) is 0 Å². The number of halogens is 1. The number of thioether (sulfide) groups is 1. The molecule has 0 saturated heterocycles. The van der Waals surface area contributed by atoms with Crippen LogP contribution in [0.25, 0.3) is 17.3 Å². The Bertz CT molecular complexity index is 1470. The molecule has 4 rings (SSSR count). The van der Waals surface area contributed by atoms with Crippen LogP contribution in [0.5, 0.6) is 5.75 Å². The monoisotopic (exact) mass is 547 g/mol. The number of aromatic nitrogens is 2. The zero-order chi connectivity index (χ0) is 26.9. The Kier molecular flexibility index (Phi) is 9.24. The van der Waals surface area contributed by atoms with Gasteiger partial charge in [-0.3, -0.25) is 10.1 Å². The van der Waals surface area contributed by atoms with Gasteiger partial charge in [0.25, 0.3) is 5.56 Å². The zero-order valence-corrected chi connectivity index (χ0v) is 22.5. The summed E-state index contributed by atoms with van der Waals surface area (Å²) in [5, 5.41) is 7.75. The van der Waals surface area contributed by atoms with Crippen molar-refractivity contribution in [2.45, 2.75) is 18.0 Å². The van der Waals surface area contributed by atoms with Gasteiger partial charge in [-0.05, 0) is 72.0 Å². The number of nitrogens with one attached hydrogen (secondary N) is 1. The quantitative estimate of drug-likeness (QED) is 0.233. The van der Waals surface area contributed by atoms with E-state index >= 15 is 0 Å². The minimum Gasteiger partial charge on any atom is -0.497 e. The highest BCUT2D eigenvalue weighted by Gasteiger charge is 2.13. The minimum atomic E-state index is -0.730. The first kappa shape index (κ1) is 27.0. The molecule has 0 aliphatic carbocycles. The van der Waals surface area contributed by atoms with Crippen LogP contribution >= 0.6 is 23.4 Å². The second kappa shape index (κ2) is 13.0. The average Bonchev–Trinajstić information content (AvgIpc) is 2.95. The van der Waals surface area contributed by atoms with E-state index in [4.69, 9.17) is 21.1 Å². The van der Waals surface area contributed by atoms with Gasteiger partial charge in [-0.1, -0.05) is 48.0 Å². The fourth-order valence-electron chi connectivity index (χ4n) is 3.54. The predicted octanol–water partition coefficient (Wildman–Crippen LogP) is 6.76. The van der Waals surface area contributed by atoms with Gasteiger partial charge in [-0.15, -0.1) is 11.8 Å². The third kappa shape index (κ3) is 7.27. The molecule has 0 radical (unpaired) electrons. The lowest BCUT2D eigenvalue weighted by Gasteiger charge is -2.12. The zero-order valence-electron chi connectivity index (χ0n) is 20.9. The topological polar surface area (TPSA) is 82.5 Å². The van der Waals surface area contributed by atoms with Crippen molar-refractivity contribution >= 4 is 41.2 Å². The van der Waals surface area contributed by atoms with Gasteiger partial charge in [0.05, 0.1) is 19.3 Å². The fraction of sp³-hybridized carbons (Fsp3) is 0.138. The minimum absolute atomic E-state index is 0.0634. The van der Waals surface area contributed by atoms with E-state index in [9.17, 15) is 9.59 Å². The molecule has 1 N–H and O–H groups in total. The molecule has 9 heteroatoms. The van der Waals surface area contributed by atoms with E-state index in [0.29, 0.717) is 16.5 Å². The van der Waals surface area contributed by atoms with Gasteiger partial charge in [-0.25, -0.2) is 9.48 Å². The molecule has 4 aromatic rings. The standard InChI is InChI=1S/C29H26ClN3O4S/c1-36-24-13-9-22(10-14-24)26-18-27(31-29(35)37-19-21-7-15-25(38-2)16-8-21)28(34)33(32-26)17-3-4-20-5-11-23(30)12-6-20/h3-16,18H,17,19H2,1-2H3,(H,31,35)/b4-3+. The number of rotatable bonds is 9. The smallest absolute Gasteiger partial charge is 0.412 e.